The number of methoxy groups -OCH3 is 1. The predicted octanol–water partition coefficient (Wildman–Crippen LogP) is 5.04. The molecule has 1 aliphatic heterocycles. The summed E-state index contributed by atoms with van der Waals surface area (Å²) in [4.78, 5) is 13.2. The van der Waals surface area contributed by atoms with Gasteiger partial charge in [0.25, 0.3) is 0 Å². The summed E-state index contributed by atoms with van der Waals surface area (Å²) >= 11 is 1.56. The highest BCUT2D eigenvalue weighted by atomic mass is 32.1. The molecular formula is C20H16FNO2S. The number of rotatable bonds is 3. The van der Waals surface area contributed by atoms with Crippen LogP contribution in [0.15, 0.2) is 53.9 Å². The van der Waals surface area contributed by atoms with Crippen LogP contribution in [0.5, 0.6) is 5.75 Å². The first-order valence-corrected chi connectivity index (χ1v) is 8.85. The van der Waals surface area contributed by atoms with Crippen LogP contribution in [-0.4, -0.2) is 13.0 Å². The molecule has 1 aliphatic rings. The molecule has 0 radical (unpaired) electrons. The standard InChI is InChI=1S/C20H16FNO2S/c1-24-13-8-6-12(7-9-13)16-11-25-20-15(10-18(23)22-19(16)20)14-4-2-3-5-17(14)21/h2-9,11,15H,10H2,1H3,(H,22,23)/t15-/m0/s1. The Kier molecular flexibility index (Phi) is 4.01. The van der Waals surface area contributed by atoms with Gasteiger partial charge in [0, 0.05) is 28.2 Å². The van der Waals surface area contributed by atoms with Crippen LogP contribution in [0.1, 0.15) is 22.8 Å². The third-order valence-electron chi connectivity index (χ3n) is 4.47. The lowest BCUT2D eigenvalue weighted by Crippen LogP contribution is -2.23. The SMILES string of the molecule is COc1ccc(-c2csc3c2NC(=O)C[C@H]3c2ccccc2F)cc1. The minimum absolute atomic E-state index is 0.0890. The third-order valence-corrected chi connectivity index (χ3v) is 5.57. The lowest BCUT2D eigenvalue weighted by atomic mass is 9.89. The first-order chi connectivity index (χ1) is 12.2. The number of fused-ring (bicyclic) bond motifs is 1. The molecule has 0 bridgehead atoms. The van der Waals surface area contributed by atoms with Gasteiger partial charge in [0.15, 0.2) is 0 Å². The minimum Gasteiger partial charge on any atom is -0.497 e. The molecule has 3 aromatic rings. The van der Waals surface area contributed by atoms with E-state index < -0.39 is 0 Å². The second-order valence-corrected chi connectivity index (χ2v) is 6.85. The average molecular weight is 353 g/mol. The number of benzene rings is 2. The Morgan fingerprint density at radius 2 is 1.92 bits per heavy atom. The number of thiophene rings is 1. The van der Waals surface area contributed by atoms with E-state index in [1.807, 2.05) is 35.7 Å². The van der Waals surface area contributed by atoms with E-state index in [9.17, 15) is 9.18 Å². The smallest absolute Gasteiger partial charge is 0.225 e. The van der Waals surface area contributed by atoms with Crippen LogP contribution in [0, 0.1) is 5.82 Å². The fourth-order valence-electron chi connectivity index (χ4n) is 3.22. The summed E-state index contributed by atoms with van der Waals surface area (Å²) in [6, 6.07) is 14.4. The van der Waals surface area contributed by atoms with Crippen LogP contribution < -0.4 is 10.1 Å². The van der Waals surface area contributed by atoms with Gasteiger partial charge in [-0.05, 0) is 29.3 Å². The van der Waals surface area contributed by atoms with E-state index in [0.29, 0.717) is 5.56 Å². The van der Waals surface area contributed by atoms with Crippen molar-refractivity contribution in [3.8, 4) is 16.9 Å². The summed E-state index contributed by atoms with van der Waals surface area (Å²) in [6.45, 7) is 0. The maximum atomic E-state index is 14.3. The number of amides is 1. The van der Waals surface area contributed by atoms with Gasteiger partial charge in [-0.25, -0.2) is 4.39 Å². The molecule has 2 aromatic carbocycles. The molecule has 1 amide bonds. The number of nitrogens with one attached hydrogen (secondary N) is 1. The van der Waals surface area contributed by atoms with Crippen molar-refractivity contribution in [2.75, 3.05) is 12.4 Å². The van der Waals surface area contributed by atoms with Gasteiger partial charge in [-0.3, -0.25) is 4.79 Å². The molecule has 2 heterocycles. The zero-order chi connectivity index (χ0) is 17.4. The number of hydrogen-bond donors (Lipinski definition) is 1. The first kappa shape index (κ1) is 15.8. The van der Waals surface area contributed by atoms with Gasteiger partial charge in [-0.1, -0.05) is 30.3 Å². The third kappa shape index (κ3) is 2.81. The van der Waals surface area contributed by atoms with E-state index >= 15 is 0 Å². The van der Waals surface area contributed by atoms with E-state index in [1.165, 1.54) is 6.07 Å². The Bertz CT molecular complexity index is 933. The molecule has 4 rings (SSSR count). The summed E-state index contributed by atoms with van der Waals surface area (Å²) in [7, 11) is 1.63. The summed E-state index contributed by atoms with van der Waals surface area (Å²) in [5.41, 5.74) is 3.31. The van der Waals surface area contributed by atoms with Crippen molar-refractivity contribution in [1.82, 2.24) is 0 Å². The zero-order valence-corrected chi connectivity index (χ0v) is 14.4. The fourth-order valence-corrected chi connectivity index (χ4v) is 4.37. The largest absolute Gasteiger partial charge is 0.497 e. The molecule has 0 fully saturated rings. The van der Waals surface area contributed by atoms with E-state index in [-0.39, 0.29) is 24.1 Å². The molecular weight excluding hydrogens is 337 g/mol. The Labute approximate surface area is 149 Å². The molecule has 126 valence electrons. The molecule has 3 nitrogen and oxygen atoms in total. The number of hydrogen-bond acceptors (Lipinski definition) is 3. The van der Waals surface area contributed by atoms with Crippen molar-refractivity contribution in [2.45, 2.75) is 12.3 Å². The number of carbonyl (C=O) groups excluding carboxylic acids is 1. The Balaban J connectivity index is 1.80. The Morgan fingerprint density at radius 1 is 1.16 bits per heavy atom. The molecule has 0 spiro atoms. The quantitative estimate of drug-likeness (QED) is 0.717. The molecule has 0 unspecified atom stereocenters. The van der Waals surface area contributed by atoms with Crippen LogP contribution in [0.25, 0.3) is 11.1 Å². The topological polar surface area (TPSA) is 38.3 Å². The fraction of sp³-hybridized carbons (Fsp3) is 0.150. The number of carbonyl (C=O) groups is 1. The maximum absolute atomic E-state index is 14.3. The maximum Gasteiger partial charge on any atom is 0.225 e. The van der Waals surface area contributed by atoms with Gasteiger partial charge in [-0.2, -0.15) is 0 Å². The first-order valence-electron chi connectivity index (χ1n) is 7.97. The van der Waals surface area contributed by atoms with E-state index in [4.69, 9.17) is 4.74 Å². The van der Waals surface area contributed by atoms with Crippen LogP contribution >= 0.6 is 11.3 Å². The minimum atomic E-state index is -0.271. The van der Waals surface area contributed by atoms with Gasteiger partial charge in [-0.15, -0.1) is 11.3 Å². The normalized spacial score (nSPS) is 16.2. The lowest BCUT2D eigenvalue weighted by Gasteiger charge is -2.24. The molecule has 0 saturated heterocycles. The van der Waals surface area contributed by atoms with Crippen LogP contribution in [0.3, 0.4) is 0 Å². The lowest BCUT2D eigenvalue weighted by molar-refractivity contribution is -0.116. The van der Waals surface area contributed by atoms with Crippen molar-refractivity contribution >= 4 is 22.9 Å². The molecule has 0 saturated carbocycles. The summed E-state index contributed by atoms with van der Waals surface area (Å²) in [6.07, 6.45) is 0.260. The highest BCUT2D eigenvalue weighted by Crippen LogP contribution is 2.47. The highest BCUT2D eigenvalue weighted by molar-refractivity contribution is 7.11. The van der Waals surface area contributed by atoms with Crippen LogP contribution in [0.2, 0.25) is 0 Å². The van der Waals surface area contributed by atoms with Crippen molar-refractivity contribution in [2.24, 2.45) is 0 Å². The summed E-state index contributed by atoms with van der Waals surface area (Å²) < 4.78 is 19.5. The van der Waals surface area contributed by atoms with Crippen LogP contribution in [0.4, 0.5) is 10.1 Å². The van der Waals surface area contributed by atoms with E-state index in [0.717, 1.165) is 27.4 Å². The second kappa shape index (κ2) is 6.33. The van der Waals surface area contributed by atoms with Gasteiger partial charge in [0.05, 0.1) is 12.8 Å². The van der Waals surface area contributed by atoms with E-state index in [1.54, 1.807) is 30.6 Å². The zero-order valence-electron chi connectivity index (χ0n) is 13.6. The van der Waals surface area contributed by atoms with Gasteiger partial charge in [0.1, 0.15) is 11.6 Å². The van der Waals surface area contributed by atoms with Crippen molar-refractivity contribution < 1.29 is 13.9 Å². The Hall–Kier alpha value is -2.66. The number of halogens is 1. The molecule has 1 N–H and O–H groups in total. The molecule has 0 aliphatic carbocycles. The summed E-state index contributed by atoms with van der Waals surface area (Å²) in [5.74, 6) is 0.171. The van der Waals surface area contributed by atoms with Crippen molar-refractivity contribution in [3.63, 3.8) is 0 Å². The number of anilines is 1. The van der Waals surface area contributed by atoms with Crippen molar-refractivity contribution in [1.29, 1.82) is 0 Å². The highest BCUT2D eigenvalue weighted by Gasteiger charge is 2.31. The monoisotopic (exact) mass is 353 g/mol. The average Bonchev–Trinajstić information content (AvgIpc) is 3.05. The predicted molar refractivity (Wildman–Crippen MR) is 97.8 cm³/mol. The number of ether oxygens (including phenoxy) is 1. The van der Waals surface area contributed by atoms with Gasteiger partial charge < -0.3 is 10.1 Å². The Morgan fingerprint density at radius 3 is 2.64 bits per heavy atom. The molecule has 5 heteroatoms. The summed E-state index contributed by atoms with van der Waals surface area (Å²) in [5, 5.41) is 4.99. The van der Waals surface area contributed by atoms with Crippen molar-refractivity contribution in [3.05, 3.63) is 70.2 Å². The molecule has 1 atom stereocenters. The van der Waals surface area contributed by atoms with Gasteiger partial charge in [0.2, 0.25) is 5.91 Å². The molecule has 1 aromatic heterocycles. The van der Waals surface area contributed by atoms with E-state index in [2.05, 4.69) is 5.32 Å². The second-order valence-electron chi connectivity index (χ2n) is 5.94. The van der Waals surface area contributed by atoms with Crippen LogP contribution in [-0.2, 0) is 4.79 Å². The molecule has 25 heavy (non-hydrogen) atoms. The van der Waals surface area contributed by atoms with Gasteiger partial charge >= 0.3 is 0 Å².